The molecule has 0 aromatic carbocycles. The van der Waals surface area contributed by atoms with E-state index in [0.717, 1.165) is 5.39 Å². The maximum absolute atomic E-state index is 14.0. The number of carbonyl (C=O) groups is 1. The van der Waals surface area contributed by atoms with Crippen LogP contribution in [0.4, 0.5) is 16.0 Å². The molecule has 160 valence electrons. The molecule has 3 aromatic heterocycles. The van der Waals surface area contributed by atoms with E-state index < -0.39 is 17.7 Å². The number of pyridine rings is 1. The van der Waals surface area contributed by atoms with Gasteiger partial charge in [0.05, 0.1) is 23.4 Å². The second kappa shape index (κ2) is 8.23. The molecule has 0 saturated carbocycles. The Hall–Kier alpha value is -3.27. The summed E-state index contributed by atoms with van der Waals surface area (Å²) in [5, 5.41) is 16.2. The number of aromatic nitrogens is 4. The average molecular weight is 415 g/mol. The van der Waals surface area contributed by atoms with Crippen LogP contribution in [0.5, 0.6) is 0 Å². The standard InChI is InChI=1S/C20H26FN7O2/c1-11(2)26-14-7-16(28-6-5-12-8-25-19(22)27-17(12)28)23-9-13(14)18(29)24-10-15(21)20(3,4)30/h5-9,11,15,30H,10H2,1-4H3,(H,23,26)(H,24,29)(H2,22,25,27). The lowest BCUT2D eigenvalue weighted by molar-refractivity contribution is -0.00177. The maximum Gasteiger partial charge on any atom is 0.255 e. The van der Waals surface area contributed by atoms with E-state index in [2.05, 4.69) is 25.6 Å². The molecule has 10 heteroatoms. The lowest BCUT2D eigenvalue weighted by Gasteiger charge is -2.23. The molecule has 0 bridgehead atoms. The van der Waals surface area contributed by atoms with Crippen molar-refractivity contribution in [1.29, 1.82) is 0 Å². The normalized spacial score (nSPS) is 12.9. The number of nitrogens with zero attached hydrogens (tertiary/aromatic N) is 4. The molecule has 3 rings (SSSR count). The van der Waals surface area contributed by atoms with Crippen molar-refractivity contribution in [3.63, 3.8) is 0 Å². The van der Waals surface area contributed by atoms with Crippen LogP contribution in [0.25, 0.3) is 16.9 Å². The SMILES string of the molecule is CC(C)Nc1cc(-n2ccc3cnc(N)nc32)ncc1C(=O)NCC(F)C(C)(C)O. The molecule has 3 aromatic rings. The monoisotopic (exact) mass is 415 g/mol. The number of hydrogen-bond acceptors (Lipinski definition) is 7. The first-order valence-electron chi connectivity index (χ1n) is 9.57. The fraction of sp³-hybridized carbons (Fsp3) is 0.400. The van der Waals surface area contributed by atoms with Gasteiger partial charge in [-0.2, -0.15) is 4.98 Å². The van der Waals surface area contributed by atoms with E-state index >= 15 is 0 Å². The molecule has 1 amide bonds. The number of anilines is 2. The quantitative estimate of drug-likeness (QED) is 0.464. The number of amides is 1. The van der Waals surface area contributed by atoms with Crippen LogP contribution in [-0.4, -0.2) is 54.9 Å². The average Bonchev–Trinajstić information content (AvgIpc) is 3.07. The van der Waals surface area contributed by atoms with Crippen LogP contribution >= 0.6 is 0 Å². The highest BCUT2D eigenvalue weighted by molar-refractivity contribution is 5.99. The highest BCUT2D eigenvalue weighted by Gasteiger charge is 2.27. The fourth-order valence-electron chi connectivity index (χ4n) is 2.83. The van der Waals surface area contributed by atoms with Crippen LogP contribution in [0.1, 0.15) is 38.1 Å². The number of rotatable bonds is 7. The maximum atomic E-state index is 14.0. The van der Waals surface area contributed by atoms with Crippen molar-refractivity contribution >= 4 is 28.6 Å². The Kier molecular flexibility index (Phi) is 5.88. The Morgan fingerprint density at radius 1 is 1.33 bits per heavy atom. The molecule has 30 heavy (non-hydrogen) atoms. The summed E-state index contributed by atoms with van der Waals surface area (Å²) >= 11 is 0. The van der Waals surface area contributed by atoms with Crippen molar-refractivity contribution in [2.75, 3.05) is 17.6 Å². The first-order chi connectivity index (χ1) is 14.1. The Bertz CT molecular complexity index is 1060. The third-order valence-corrected chi connectivity index (χ3v) is 4.48. The van der Waals surface area contributed by atoms with Crippen LogP contribution in [0.15, 0.2) is 30.7 Å². The number of aliphatic hydroxyl groups is 1. The van der Waals surface area contributed by atoms with E-state index in [-0.39, 0.29) is 24.1 Å². The van der Waals surface area contributed by atoms with Gasteiger partial charge in [-0.1, -0.05) is 0 Å². The number of nitrogens with one attached hydrogen (secondary N) is 2. The van der Waals surface area contributed by atoms with E-state index in [9.17, 15) is 14.3 Å². The van der Waals surface area contributed by atoms with E-state index in [4.69, 9.17) is 5.73 Å². The number of carbonyl (C=O) groups excluding carboxylic acids is 1. The lowest BCUT2D eigenvalue weighted by atomic mass is 10.0. The first kappa shape index (κ1) is 21.4. The van der Waals surface area contributed by atoms with Crippen molar-refractivity contribution in [2.45, 2.75) is 45.5 Å². The molecule has 0 radical (unpaired) electrons. The Balaban J connectivity index is 1.93. The minimum atomic E-state index is -1.61. The zero-order chi connectivity index (χ0) is 22.1. The van der Waals surface area contributed by atoms with Crippen LogP contribution < -0.4 is 16.4 Å². The van der Waals surface area contributed by atoms with Crippen molar-refractivity contribution in [3.8, 4) is 5.82 Å². The first-order valence-corrected chi connectivity index (χ1v) is 9.57. The molecule has 1 atom stereocenters. The van der Waals surface area contributed by atoms with Crippen LogP contribution in [0, 0.1) is 0 Å². The zero-order valence-electron chi connectivity index (χ0n) is 17.3. The fourth-order valence-corrected chi connectivity index (χ4v) is 2.83. The number of hydrogen-bond donors (Lipinski definition) is 4. The van der Waals surface area contributed by atoms with Crippen LogP contribution in [0.2, 0.25) is 0 Å². The molecule has 0 aliphatic rings. The van der Waals surface area contributed by atoms with Gasteiger partial charge >= 0.3 is 0 Å². The van der Waals surface area contributed by atoms with E-state index in [1.807, 2.05) is 19.9 Å². The number of nitrogens with two attached hydrogens (primary N) is 1. The van der Waals surface area contributed by atoms with Gasteiger partial charge in [-0.05, 0) is 33.8 Å². The molecule has 0 aliphatic carbocycles. The molecule has 1 unspecified atom stereocenters. The predicted molar refractivity (Wildman–Crippen MR) is 113 cm³/mol. The number of halogens is 1. The Morgan fingerprint density at radius 2 is 2.07 bits per heavy atom. The van der Waals surface area contributed by atoms with Gasteiger partial charge in [0.2, 0.25) is 5.95 Å². The third-order valence-electron chi connectivity index (χ3n) is 4.48. The van der Waals surface area contributed by atoms with Gasteiger partial charge < -0.3 is 21.5 Å². The van der Waals surface area contributed by atoms with Gasteiger partial charge in [0.25, 0.3) is 5.91 Å². The lowest BCUT2D eigenvalue weighted by Crippen LogP contribution is -2.42. The summed E-state index contributed by atoms with van der Waals surface area (Å²) in [4.78, 5) is 25.3. The summed E-state index contributed by atoms with van der Waals surface area (Å²) in [6.07, 6.45) is 3.23. The predicted octanol–water partition coefficient (Wildman–Crippen LogP) is 2.06. The Labute approximate surface area is 173 Å². The molecule has 0 saturated heterocycles. The van der Waals surface area contributed by atoms with Gasteiger partial charge in [0.15, 0.2) is 5.65 Å². The zero-order valence-corrected chi connectivity index (χ0v) is 17.3. The van der Waals surface area contributed by atoms with Gasteiger partial charge in [-0.3, -0.25) is 9.36 Å². The van der Waals surface area contributed by atoms with Gasteiger partial charge in [-0.15, -0.1) is 0 Å². The summed E-state index contributed by atoms with van der Waals surface area (Å²) in [7, 11) is 0. The smallest absolute Gasteiger partial charge is 0.255 e. The van der Waals surface area contributed by atoms with Crippen molar-refractivity contribution < 1.29 is 14.3 Å². The molecule has 0 fully saturated rings. The molecular formula is C20H26FN7O2. The Morgan fingerprint density at radius 3 is 2.73 bits per heavy atom. The third kappa shape index (κ3) is 4.65. The topological polar surface area (TPSA) is 131 Å². The number of alkyl halides is 1. The molecular weight excluding hydrogens is 389 g/mol. The molecule has 0 spiro atoms. The van der Waals surface area contributed by atoms with Crippen LogP contribution in [0.3, 0.4) is 0 Å². The summed E-state index contributed by atoms with van der Waals surface area (Å²) in [6.45, 7) is 6.26. The summed E-state index contributed by atoms with van der Waals surface area (Å²) in [5.74, 6) is 0.183. The number of fused-ring (bicyclic) bond motifs is 1. The highest BCUT2D eigenvalue weighted by Crippen LogP contribution is 2.23. The minimum absolute atomic E-state index is 0.0384. The number of nitrogen functional groups attached to an aromatic ring is 1. The van der Waals surface area contributed by atoms with Gasteiger partial charge in [0.1, 0.15) is 12.0 Å². The molecule has 3 heterocycles. The second-order valence-electron chi connectivity index (χ2n) is 7.91. The summed E-state index contributed by atoms with van der Waals surface area (Å²) in [6, 6.07) is 3.59. The summed E-state index contributed by atoms with van der Waals surface area (Å²) in [5.41, 5.74) is 5.55. The van der Waals surface area contributed by atoms with Crippen LogP contribution in [-0.2, 0) is 0 Å². The second-order valence-corrected chi connectivity index (χ2v) is 7.91. The largest absolute Gasteiger partial charge is 0.387 e. The highest BCUT2D eigenvalue weighted by atomic mass is 19.1. The summed E-state index contributed by atoms with van der Waals surface area (Å²) < 4.78 is 15.7. The molecule has 9 nitrogen and oxygen atoms in total. The molecule has 5 N–H and O–H groups in total. The van der Waals surface area contributed by atoms with Gasteiger partial charge in [-0.25, -0.2) is 14.4 Å². The minimum Gasteiger partial charge on any atom is -0.387 e. The van der Waals surface area contributed by atoms with E-state index in [1.54, 1.807) is 23.0 Å². The van der Waals surface area contributed by atoms with Crippen molar-refractivity contribution in [3.05, 3.63) is 36.3 Å². The van der Waals surface area contributed by atoms with Crippen molar-refractivity contribution in [1.82, 2.24) is 24.8 Å². The van der Waals surface area contributed by atoms with Crippen molar-refractivity contribution in [2.24, 2.45) is 0 Å². The van der Waals surface area contributed by atoms with E-state index in [0.29, 0.717) is 17.2 Å². The van der Waals surface area contributed by atoms with Gasteiger partial charge in [0, 0.05) is 36.1 Å². The van der Waals surface area contributed by atoms with E-state index in [1.165, 1.54) is 20.0 Å². The molecule has 0 aliphatic heterocycles.